The Morgan fingerprint density at radius 1 is 1.20 bits per heavy atom. The van der Waals surface area contributed by atoms with Crippen LogP contribution in [0, 0.1) is 13.8 Å². The van der Waals surface area contributed by atoms with Gasteiger partial charge in [0.25, 0.3) is 0 Å². The molecule has 0 atom stereocenters. The molecular weight excluding hydrogens is 297 g/mol. The number of halogens is 1. The zero-order chi connectivity index (χ0) is 10.7. The van der Waals surface area contributed by atoms with Crippen molar-refractivity contribution in [2.45, 2.75) is 13.8 Å². The standard InChI is InChI=1S/C13H13IN/c1-10-4-5-12(11(2)8-10)13-9-14-6-3-7-15-13/h3-9H,1-2H3/q-1. The molecule has 0 saturated heterocycles. The quantitative estimate of drug-likeness (QED) is 0.661. The summed E-state index contributed by atoms with van der Waals surface area (Å²) in [5.41, 5.74) is 5.01. The Balaban J connectivity index is 2.41. The van der Waals surface area contributed by atoms with Crippen molar-refractivity contribution in [2.75, 3.05) is 0 Å². The molecule has 78 valence electrons. The van der Waals surface area contributed by atoms with Crippen LogP contribution in [-0.2, 0) is 0 Å². The third kappa shape index (κ3) is 2.56. The van der Waals surface area contributed by atoms with Crippen LogP contribution in [0.1, 0.15) is 16.7 Å². The van der Waals surface area contributed by atoms with Gasteiger partial charge >= 0.3 is 101 Å². The fourth-order valence-electron chi connectivity index (χ4n) is 1.55. The van der Waals surface area contributed by atoms with Gasteiger partial charge in [0.1, 0.15) is 0 Å². The Morgan fingerprint density at radius 2 is 2.07 bits per heavy atom. The van der Waals surface area contributed by atoms with Gasteiger partial charge in [0.05, 0.1) is 0 Å². The predicted molar refractivity (Wildman–Crippen MR) is 61.5 cm³/mol. The second-order valence-electron chi connectivity index (χ2n) is 3.54. The van der Waals surface area contributed by atoms with E-state index in [-0.39, 0.29) is 21.2 Å². The second kappa shape index (κ2) is 4.75. The van der Waals surface area contributed by atoms with Gasteiger partial charge in [-0.25, -0.2) is 0 Å². The molecule has 0 fully saturated rings. The molecule has 2 rings (SSSR count). The van der Waals surface area contributed by atoms with Crippen molar-refractivity contribution >= 4 is 11.9 Å². The van der Waals surface area contributed by atoms with Gasteiger partial charge < -0.3 is 0 Å². The van der Waals surface area contributed by atoms with Crippen molar-refractivity contribution in [3.05, 3.63) is 49.1 Å². The topological polar surface area (TPSA) is 12.4 Å². The molecule has 1 aromatic carbocycles. The molecule has 0 spiro atoms. The number of aryl methyl sites for hydroxylation is 2. The Kier molecular flexibility index (Phi) is 3.36. The van der Waals surface area contributed by atoms with E-state index in [1.165, 1.54) is 16.7 Å². The number of hydrogen-bond acceptors (Lipinski definition) is 1. The summed E-state index contributed by atoms with van der Waals surface area (Å²) in [5.74, 6) is 0. The van der Waals surface area contributed by atoms with Gasteiger partial charge in [0.15, 0.2) is 0 Å². The zero-order valence-electron chi connectivity index (χ0n) is 8.87. The number of allylic oxidation sites excluding steroid dienone is 1. The maximum absolute atomic E-state index is 4.46. The van der Waals surface area contributed by atoms with Crippen molar-refractivity contribution in [2.24, 2.45) is 4.99 Å². The Labute approximate surface area is 101 Å². The third-order valence-corrected chi connectivity index (χ3v) is 4.05. The van der Waals surface area contributed by atoms with E-state index in [1.54, 1.807) is 0 Å². The van der Waals surface area contributed by atoms with Crippen LogP contribution in [0.4, 0.5) is 0 Å². The van der Waals surface area contributed by atoms with Crippen LogP contribution in [0.15, 0.2) is 37.4 Å². The molecule has 1 aliphatic rings. The van der Waals surface area contributed by atoms with Crippen LogP contribution >= 0.6 is 0 Å². The summed E-state index contributed by atoms with van der Waals surface area (Å²) in [7, 11) is 0. The molecule has 2 heteroatoms. The summed E-state index contributed by atoms with van der Waals surface area (Å²) in [6.45, 7) is 4.27. The second-order valence-corrected chi connectivity index (χ2v) is 5.60. The minimum atomic E-state index is 0.0330. The van der Waals surface area contributed by atoms with Crippen molar-refractivity contribution < 1.29 is 21.2 Å². The molecule has 0 radical (unpaired) electrons. The fourth-order valence-corrected chi connectivity index (χ4v) is 3.02. The summed E-state index contributed by atoms with van der Waals surface area (Å²) in [4.78, 5) is 4.46. The molecule has 0 unspecified atom stereocenters. The SMILES string of the molecule is Cc1ccc(C2=C[I-]C=CC=N2)c(C)c1. The first kappa shape index (κ1) is 10.6. The fraction of sp³-hybridized carbons (Fsp3) is 0.154. The first-order valence-corrected chi connectivity index (χ1v) is 7.35. The summed E-state index contributed by atoms with van der Waals surface area (Å²) < 4.78 is 4.50. The normalized spacial score (nSPS) is 15.5. The molecule has 0 saturated carbocycles. The van der Waals surface area contributed by atoms with Crippen LogP contribution in [0.5, 0.6) is 0 Å². The molecule has 0 aliphatic carbocycles. The Bertz CT molecular complexity index is 456. The van der Waals surface area contributed by atoms with Crippen LogP contribution in [0.3, 0.4) is 0 Å². The van der Waals surface area contributed by atoms with E-state index in [9.17, 15) is 0 Å². The molecule has 1 heterocycles. The van der Waals surface area contributed by atoms with Gasteiger partial charge in [0.2, 0.25) is 0 Å². The molecule has 1 nitrogen and oxygen atoms in total. The average Bonchev–Trinajstić information content (AvgIpc) is 2.46. The zero-order valence-corrected chi connectivity index (χ0v) is 11.0. The van der Waals surface area contributed by atoms with E-state index in [2.05, 4.69) is 45.2 Å². The van der Waals surface area contributed by atoms with Gasteiger partial charge in [0, 0.05) is 0 Å². The summed E-state index contributed by atoms with van der Waals surface area (Å²) in [6, 6.07) is 6.53. The molecule has 0 amide bonds. The molecule has 0 N–H and O–H groups in total. The van der Waals surface area contributed by atoms with Crippen LogP contribution < -0.4 is 21.2 Å². The molecule has 1 aliphatic heterocycles. The maximum atomic E-state index is 4.46. The number of hydrogen-bond donors (Lipinski definition) is 0. The van der Waals surface area contributed by atoms with Crippen molar-refractivity contribution in [1.29, 1.82) is 0 Å². The molecule has 15 heavy (non-hydrogen) atoms. The first-order chi connectivity index (χ1) is 7.27. The van der Waals surface area contributed by atoms with Gasteiger partial charge in [-0.15, -0.1) is 0 Å². The van der Waals surface area contributed by atoms with Crippen LogP contribution in [0.2, 0.25) is 0 Å². The van der Waals surface area contributed by atoms with Crippen LogP contribution in [0.25, 0.3) is 5.70 Å². The number of nitrogens with zero attached hydrogens (tertiary/aromatic N) is 1. The number of aliphatic imine (C=N–C) groups is 1. The van der Waals surface area contributed by atoms with Crippen molar-refractivity contribution in [3.63, 3.8) is 0 Å². The van der Waals surface area contributed by atoms with Gasteiger partial charge in [-0.05, 0) is 0 Å². The van der Waals surface area contributed by atoms with E-state index in [0.29, 0.717) is 0 Å². The van der Waals surface area contributed by atoms with Crippen molar-refractivity contribution in [1.82, 2.24) is 0 Å². The number of benzene rings is 1. The van der Waals surface area contributed by atoms with E-state index in [4.69, 9.17) is 0 Å². The van der Waals surface area contributed by atoms with E-state index in [1.807, 2.05) is 12.3 Å². The van der Waals surface area contributed by atoms with Crippen LogP contribution in [-0.4, -0.2) is 6.21 Å². The monoisotopic (exact) mass is 310 g/mol. The molecule has 1 aromatic rings. The number of rotatable bonds is 1. The predicted octanol–water partition coefficient (Wildman–Crippen LogP) is 0.289. The summed E-state index contributed by atoms with van der Waals surface area (Å²) in [5, 5.41) is 0. The third-order valence-electron chi connectivity index (χ3n) is 2.27. The van der Waals surface area contributed by atoms with Gasteiger partial charge in [-0.1, -0.05) is 0 Å². The Hall–Kier alpha value is -0.900. The minimum absolute atomic E-state index is 0.0330. The first-order valence-electron chi connectivity index (χ1n) is 4.86. The summed E-state index contributed by atoms with van der Waals surface area (Å²) >= 11 is 0.0330. The van der Waals surface area contributed by atoms with Gasteiger partial charge in [-0.2, -0.15) is 0 Å². The molecule has 0 bridgehead atoms. The summed E-state index contributed by atoms with van der Waals surface area (Å²) in [6.07, 6.45) is 3.93. The van der Waals surface area contributed by atoms with E-state index < -0.39 is 0 Å². The van der Waals surface area contributed by atoms with E-state index in [0.717, 1.165) is 5.70 Å². The van der Waals surface area contributed by atoms with Gasteiger partial charge in [-0.3, -0.25) is 0 Å². The van der Waals surface area contributed by atoms with E-state index >= 15 is 0 Å². The Morgan fingerprint density at radius 3 is 2.87 bits per heavy atom. The molecule has 0 aromatic heterocycles. The molecular formula is C13H13IN-. The average molecular weight is 310 g/mol. The van der Waals surface area contributed by atoms with Crippen molar-refractivity contribution in [3.8, 4) is 0 Å².